The number of carbonyl (C=O) groups excluding carboxylic acids is 2. The van der Waals surface area contributed by atoms with Gasteiger partial charge in [-0.1, -0.05) is 6.07 Å². The van der Waals surface area contributed by atoms with E-state index in [2.05, 4.69) is 5.10 Å². The predicted octanol–water partition coefficient (Wildman–Crippen LogP) is 3.63. The highest BCUT2D eigenvalue weighted by molar-refractivity contribution is 6.00. The van der Waals surface area contributed by atoms with E-state index in [-0.39, 0.29) is 35.5 Å². The molecule has 0 spiro atoms. The minimum atomic E-state index is -0.494. The molecule has 2 aliphatic heterocycles. The minimum Gasteiger partial charge on any atom is -0.496 e. The lowest BCUT2D eigenvalue weighted by molar-refractivity contribution is -0.138. The van der Waals surface area contributed by atoms with Crippen LogP contribution in [-0.2, 0) is 16.1 Å². The van der Waals surface area contributed by atoms with Crippen LogP contribution in [0, 0.1) is 0 Å². The van der Waals surface area contributed by atoms with E-state index < -0.39 is 6.61 Å². The number of fused-ring (bicyclic) bond motifs is 3. The number of ether oxygens (including phenoxy) is 2. The van der Waals surface area contributed by atoms with E-state index in [1.54, 1.807) is 26.6 Å². The lowest BCUT2D eigenvalue weighted by Gasteiger charge is -2.39. The first kappa shape index (κ1) is 27.8. The molecule has 3 N–H and O–H groups in total. The SMILES string of the molecule is COCc1cc(-c2ccc(-c3cnn4c(N)c(C(C)=O)c(C5C[C@H]6CC[C@@H](C5)N6C(=O)CO)nc34)cn2)ccc1OC. The van der Waals surface area contributed by atoms with E-state index in [4.69, 9.17) is 25.2 Å². The number of aliphatic hydroxyl groups excluding tert-OH is 1. The van der Waals surface area contributed by atoms with E-state index in [0.29, 0.717) is 36.4 Å². The molecule has 2 fully saturated rings. The average molecular weight is 571 g/mol. The van der Waals surface area contributed by atoms with Gasteiger partial charge in [-0.05, 0) is 56.9 Å². The molecule has 0 aliphatic carbocycles. The highest BCUT2D eigenvalue weighted by atomic mass is 16.5. The number of piperidine rings is 1. The second-order valence-corrected chi connectivity index (χ2v) is 11.0. The summed E-state index contributed by atoms with van der Waals surface area (Å²) in [5, 5.41) is 14.0. The molecule has 1 amide bonds. The van der Waals surface area contributed by atoms with Crippen LogP contribution in [0.15, 0.2) is 42.7 Å². The number of amides is 1. The van der Waals surface area contributed by atoms with Crippen LogP contribution in [0.4, 0.5) is 5.82 Å². The van der Waals surface area contributed by atoms with Crippen LogP contribution in [0.3, 0.4) is 0 Å². The second-order valence-electron chi connectivity index (χ2n) is 11.0. The number of Topliss-reactive ketones (excluding diaryl/α,β-unsaturated/α-hetero) is 1. The van der Waals surface area contributed by atoms with Crippen molar-refractivity contribution in [2.24, 2.45) is 0 Å². The lowest BCUT2D eigenvalue weighted by atomic mass is 9.85. The lowest BCUT2D eigenvalue weighted by Crippen LogP contribution is -2.47. The first-order chi connectivity index (χ1) is 20.3. The average Bonchev–Trinajstić information content (AvgIpc) is 3.54. The summed E-state index contributed by atoms with van der Waals surface area (Å²) in [6.07, 6.45) is 6.55. The number of carbonyl (C=O) groups is 2. The van der Waals surface area contributed by atoms with Crippen LogP contribution in [0.5, 0.6) is 5.75 Å². The van der Waals surface area contributed by atoms with Crippen LogP contribution in [0.25, 0.3) is 28.0 Å². The van der Waals surface area contributed by atoms with E-state index in [0.717, 1.165) is 46.5 Å². The van der Waals surface area contributed by atoms with E-state index >= 15 is 0 Å². The number of methoxy groups -OCH3 is 2. The minimum absolute atomic E-state index is 0.0101. The number of aliphatic hydroxyl groups is 1. The summed E-state index contributed by atoms with van der Waals surface area (Å²) in [5.41, 5.74) is 12.4. The maximum absolute atomic E-state index is 12.8. The topological polar surface area (TPSA) is 145 Å². The molecule has 4 aromatic rings. The van der Waals surface area contributed by atoms with Gasteiger partial charge in [0.15, 0.2) is 11.4 Å². The van der Waals surface area contributed by atoms with Crippen LogP contribution < -0.4 is 10.5 Å². The summed E-state index contributed by atoms with van der Waals surface area (Å²) in [4.78, 5) is 36.8. The molecule has 0 saturated carbocycles. The van der Waals surface area contributed by atoms with E-state index in [1.807, 2.05) is 35.2 Å². The van der Waals surface area contributed by atoms with Gasteiger partial charge in [-0.15, -0.1) is 0 Å². The number of rotatable bonds is 8. The van der Waals surface area contributed by atoms with Gasteiger partial charge in [-0.25, -0.2) is 4.98 Å². The summed E-state index contributed by atoms with van der Waals surface area (Å²) in [5.74, 6) is 0.550. The van der Waals surface area contributed by atoms with Crippen molar-refractivity contribution < 1.29 is 24.2 Å². The second kappa shape index (κ2) is 11.1. The number of pyridine rings is 1. The zero-order valence-corrected chi connectivity index (χ0v) is 23.9. The third-order valence-corrected chi connectivity index (χ3v) is 8.56. The Morgan fingerprint density at radius 2 is 1.81 bits per heavy atom. The van der Waals surface area contributed by atoms with Crippen molar-refractivity contribution in [3.05, 3.63) is 59.5 Å². The van der Waals surface area contributed by atoms with Gasteiger partial charge in [0, 0.05) is 53.6 Å². The molecule has 42 heavy (non-hydrogen) atoms. The highest BCUT2D eigenvalue weighted by Crippen LogP contribution is 2.44. The quantitative estimate of drug-likeness (QED) is 0.303. The first-order valence-corrected chi connectivity index (χ1v) is 14.1. The molecule has 11 nitrogen and oxygen atoms in total. The molecule has 6 rings (SSSR count). The Labute approximate surface area is 243 Å². The Morgan fingerprint density at radius 1 is 1.07 bits per heavy atom. The van der Waals surface area contributed by atoms with Crippen molar-refractivity contribution in [1.29, 1.82) is 0 Å². The number of anilines is 1. The standard InChI is InChI=1S/C31H34N6O5/c1-17(39)28-29(20-11-22-6-7-23(12-20)36(22)27(40)15-38)35-31-24(14-34-37(31)30(28)32)19-4-8-25(33-13-19)18-5-9-26(42-3)21(10-18)16-41-2/h4-5,8-10,13-14,20,22-23,38H,6-7,11-12,15-16,32H2,1-3H3/t20?,22-,23+. The molecule has 1 unspecified atom stereocenters. The fourth-order valence-electron chi connectivity index (χ4n) is 6.71. The molecule has 3 aromatic heterocycles. The summed E-state index contributed by atoms with van der Waals surface area (Å²) >= 11 is 0. The zero-order valence-electron chi connectivity index (χ0n) is 23.9. The van der Waals surface area contributed by atoms with Crippen molar-refractivity contribution in [1.82, 2.24) is 24.5 Å². The molecule has 5 heterocycles. The Morgan fingerprint density at radius 3 is 2.43 bits per heavy atom. The van der Waals surface area contributed by atoms with E-state index in [9.17, 15) is 14.7 Å². The van der Waals surface area contributed by atoms with Gasteiger partial charge in [-0.2, -0.15) is 9.61 Å². The van der Waals surface area contributed by atoms with Gasteiger partial charge in [0.1, 0.15) is 18.2 Å². The van der Waals surface area contributed by atoms with Crippen molar-refractivity contribution in [2.75, 3.05) is 26.6 Å². The zero-order chi connectivity index (χ0) is 29.5. The van der Waals surface area contributed by atoms with Crippen molar-refractivity contribution in [2.45, 2.75) is 57.2 Å². The monoisotopic (exact) mass is 570 g/mol. The number of benzene rings is 1. The van der Waals surface area contributed by atoms with Gasteiger partial charge in [0.25, 0.3) is 0 Å². The van der Waals surface area contributed by atoms with Crippen molar-refractivity contribution >= 4 is 23.2 Å². The molecular weight excluding hydrogens is 536 g/mol. The van der Waals surface area contributed by atoms with Crippen LogP contribution in [0.2, 0.25) is 0 Å². The summed E-state index contributed by atoms with van der Waals surface area (Å²) in [6, 6.07) is 9.80. The molecule has 1 aromatic carbocycles. The number of nitrogen functional groups attached to an aromatic ring is 1. The number of hydrogen-bond acceptors (Lipinski definition) is 9. The Balaban J connectivity index is 1.37. The molecule has 0 radical (unpaired) electrons. The highest BCUT2D eigenvalue weighted by Gasteiger charge is 2.44. The Bertz CT molecular complexity index is 1650. The van der Waals surface area contributed by atoms with Crippen molar-refractivity contribution in [3.8, 4) is 28.1 Å². The number of hydrogen-bond donors (Lipinski definition) is 2. The summed E-state index contributed by atoms with van der Waals surface area (Å²) in [7, 11) is 3.28. The summed E-state index contributed by atoms with van der Waals surface area (Å²) < 4.78 is 12.3. The smallest absolute Gasteiger partial charge is 0.248 e. The van der Waals surface area contributed by atoms with Gasteiger partial charge in [0.05, 0.1) is 36.9 Å². The fraction of sp³-hybridized carbons (Fsp3) is 0.387. The normalized spacial score (nSPS) is 19.8. The first-order valence-electron chi connectivity index (χ1n) is 14.1. The third kappa shape index (κ3) is 4.68. The molecule has 2 saturated heterocycles. The summed E-state index contributed by atoms with van der Waals surface area (Å²) in [6.45, 7) is 1.42. The molecule has 3 atom stereocenters. The third-order valence-electron chi connectivity index (χ3n) is 8.56. The van der Waals surface area contributed by atoms with Crippen LogP contribution >= 0.6 is 0 Å². The van der Waals surface area contributed by atoms with Crippen LogP contribution in [0.1, 0.15) is 60.1 Å². The number of ketones is 1. The number of nitrogens with two attached hydrogens (primary N) is 1. The number of nitrogens with zero attached hydrogens (tertiary/aromatic N) is 5. The van der Waals surface area contributed by atoms with Gasteiger partial charge < -0.3 is 25.2 Å². The van der Waals surface area contributed by atoms with Crippen molar-refractivity contribution in [3.63, 3.8) is 0 Å². The van der Waals surface area contributed by atoms with Gasteiger partial charge in [-0.3, -0.25) is 14.6 Å². The Hall–Kier alpha value is -4.35. The maximum Gasteiger partial charge on any atom is 0.248 e. The molecule has 2 bridgehead atoms. The van der Waals surface area contributed by atoms with Crippen LogP contribution in [-0.4, -0.2) is 74.2 Å². The molecule has 2 aliphatic rings. The molecule has 218 valence electrons. The van der Waals surface area contributed by atoms with Gasteiger partial charge >= 0.3 is 0 Å². The predicted molar refractivity (Wildman–Crippen MR) is 156 cm³/mol. The molecule has 11 heteroatoms. The maximum atomic E-state index is 12.8. The molecular formula is C31H34N6O5. The largest absolute Gasteiger partial charge is 0.496 e. The fourth-order valence-corrected chi connectivity index (χ4v) is 6.71. The number of aromatic nitrogens is 4. The van der Waals surface area contributed by atoms with Gasteiger partial charge in [0.2, 0.25) is 5.91 Å². The Kier molecular flexibility index (Phi) is 7.38. The van der Waals surface area contributed by atoms with E-state index in [1.165, 1.54) is 11.4 Å².